The van der Waals surface area contributed by atoms with Crippen molar-refractivity contribution in [1.82, 2.24) is 10.2 Å². The zero-order valence-electron chi connectivity index (χ0n) is 17.4. The third kappa shape index (κ3) is 6.35. The number of sulfone groups is 1. The number of carbonyl (C=O) groups is 2. The Bertz CT molecular complexity index is 837. The lowest BCUT2D eigenvalue weighted by Gasteiger charge is -2.28. The minimum atomic E-state index is -3.09. The van der Waals surface area contributed by atoms with E-state index >= 15 is 0 Å². The van der Waals surface area contributed by atoms with Crippen LogP contribution in [0, 0.1) is 0 Å². The van der Waals surface area contributed by atoms with Crippen LogP contribution in [-0.4, -0.2) is 69.0 Å². The molecular weight excluding hydrogens is 396 g/mol. The van der Waals surface area contributed by atoms with Gasteiger partial charge in [0.1, 0.15) is 0 Å². The number of nitrogens with zero attached hydrogens (tertiary/aromatic N) is 1. The molecule has 0 radical (unpaired) electrons. The molecule has 9 heteroatoms. The van der Waals surface area contributed by atoms with Crippen molar-refractivity contribution in [2.45, 2.75) is 45.7 Å². The molecule has 0 aliphatic carbocycles. The number of nitrogens with one attached hydrogen (secondary N) is 1. The number of methoxy groups -OCH3 is 1. The van der Waals surface area contributed by atoms with Crippen LogP contribution < -0.4 is 14.8 Å². The van der Waals surface area contributed by atoms with Crippen molar-refractivity contribution in [3.05, 3.63) is 23.8 Å². The molecule has 2 amide bonds. The maximum atomic E-state index is 13.1. The van der Waals surface area contributed by atoms with Gasteiger partial charge in [-0.05, 0) is 44.9 Å². The quantitative estimate of drug-likeness (QED) is 0.644. The average Bonchev–Trinajstić information content (AvgIpc) is 3.02. The maximum Gasteiger partial charge on any atom is 0.258 e. The molecule has 1 aliphatic rings. The summed E-state index contributed by atoms with van der Waals surface area (Å²) in [5.74, 6) is 0.314. The predicted octanol–water partition coefficient (Wildman–Crippen LogP) is 1.64. The molecule has 1 unspecified atom stereocenters. The molecule has 0 spiro atoms. The van der Waals surface area contributed by atoms with Crippen LogP contribution >= 0.6 is 0 Å². The molecule has 1 atom stereocenters. The van der Waals surface area contributed by atoms with E-state index in [4.69, 9.17) is 9.47 Å². The maximum absolute atomic E-state index is 13.1. The first-order valence-corrected chi connectivity index (χ1v) is 11.6. The van der Waals surface area contributed by atoms with Gasteiger partial charge in [-0.3, -0.25) is 9.59 Å². The largest absolute Gasteiger partial charge is 0.493 e. The van der Waals surface area contributed by atoms with Crippen LogP contribution in [0.4, 0.5) is 0 Å². The second kappa shape index (κ2) is 9.96. The fraction of sp³-hybridized carbons (Fsp3) is 0.600. The highest BCUT2D eigenvalue weighted by atomic mass is 32.2. The predicted molar refractivity (Wildman–Crippen MR) is 110 cm³/mol. The molecule has 0 saturated carbocycles. The molecule has 0 aromatic heterocycles. The van der Waals surface area contributed by atoms with Gasteiger partial charge in [0.2, 0.25) is 0 Å². The Kier molecular flexibility index (Phi) is 7.89. The third-order valence-corrected chi connectivity index (χ3v) is 6.34. The lowest BCUT2D eigenvalue weighted by molar-refractivity contribution is -0.123. The van der Waals surface area contributed by atoms with E-state index in [1.807, 2.05) is 20.8 Å². The van der Waals surface area contributed by atoms with Crippen molar-refractivity contribution in [2.24, 2.45) is 0 Å². The summed E-state index contributed by atoms with van der Waals surface area (Å²) in [5.41, 5.74) is 0.388. The van der Waals surface area contributed by atoms with Crippen LogP contribution in [0.2, 0.25) is 0 Å². The van der Waals surface area contributed by atoms with Gasteiger partial charge in [0.15, 0.2) is 27.9 Å². The van der Waals surface area contributed by atoms with E-state index in [1.54, 1.807) is 23.1 Å². The summed E-state index contributed by atoms with van der Waals surface area (Å²) in [6.07, 6.45) is 1.18. The Morgan fingerprint density at radius 1 is 1.28 bits per heavy atom. The minimum Gasteiger partial charge on any atom is -0.493 e. The van der Waals surface area contributed by atoms with Crippen molar-refractivity contribution in [1.29, 1.82) is 0 Å². The number of benzene rings is 1. The van der Waals surface area contributed by atoms with Gasteiger partial charge in [0.25, 0.3) is 11.8 Å². The van der Waals surface area contributed by atoms with Crippen LogP contribution in [0.1, 0.15) is 44.0 Å². The lowest BCUT2D eigenvalue weighted by atomic mass is 10.1. The van der Waals surface area contributed by atoms with Gasteiger partial charge in [-0.2, -0.15) is 0 Å². The fourth-order valence-corrected chi connectivity index (χ4v) is 5.04. The Labute approximate surface area is 172 Å². The van der Waals surface area contributed by atoms with Crippen LogP contribution in [-0.2, 0) is 14.6 Å². The number of hydrogen-bond donors (Lipinski definition) is 1. The van der Waals surface area contributed by atoms with Crippen molar-refractivity contribution in [3.63, 3.8) is 0 Å². The van der Waals surface area contributed by atoms with Crippen molar-refractivity contribution in [3.8, 4) is 11.5 Å². The highest BCUT2D eigenvalue weighted by Crippen LogP contribution is 2.29. The van der Waals surface area contributed by atoms with E-state index in [0.29, 0.717) is 30.0 Å². The van der Waals surface area contributed by atoms with Gasteiger partial charge in [-0.1, -0.05) is 6.92 Å². The van der Waals surface area contributed by atoms with Crippen LogP contribution in [0.5, 0.6) is 11.5 Å². The number of ether oxygens (including phenoxy) is 2. The van der Waals surface area contributed by atoms with Gasteiger partial charge >= 0.3 is 0 Å². The molecular formula is C20H30N2O6S. The molecule has 1 saturated heterocycles. The highest BCUT2D eigenvalue weighted by molar-refractivity contribution is 7.91. The molecule has 2 rings (SSSR count). The van der Waals surface area contributed by atoms with E-state index < -0.39 is 9.84 Å². The topological polar surface area (TPSA) is 102 Å². The zero-order valence-corrected chi connectivity index (χ0v) is 18.3. The smallest absolute Gasteiger partial charge is 0.258 e. The zero-order chi connectivity index (χ0) is 21.6. The summed E-state index contributed by atoms with van der Waals surface area (Å²) in [6.45, 7) is 5.98. The summed E-state index contributed by atoms with van der Waals surface area (Å²) < 4.78 is 34.5. The minimum absolute atomic E-state index is 0.00202. The fourth-order valence-electron chi connectivity index (χ4n) is 3.30. The Balaban J connectivity index is 2.16. The molecule has 1 heterocycles. The summed E-state index contributed by atoms with van der Waals surface area (Å²) >= 11 is 0. The Hall–Kier alpha value is -2.29. The molecule has 1 aromatic carbocycles. The molecule has 0 bridgehead atoms. The van der Waals surface area contributed by atoms with Gasteiger partial charge < -0.3 is 19.7 Å². The first-order valence-electron chi connectivity index (χ1n) is 9.78. The first kappa shape index (κ1) is 23.0. The summed E-state index contributed by atoms with van der Waals surface area (Å²) in [7, 11) is -1.64. The summed E-state index contributed by atoms with van der Waals surface area (Å²) in [6, 6.07) is 4.45. The van der Waals surface area contributed by atoms with Gasteiger partial charge in [0, 0.05) is 24.2 Å². The third-order valence-electron chi connectivity index (χ3n) is 4.59. The van der Waals surface area contributed by atoms with Gasteiger partial charge in [0.05, 0.1) is 18.6 Å². The van der Waals surface area contributed by atoms with E-state index in [1.165, 1.54) is 7.11 Å². The second-order valence-corrected chi connectivity index (χ2v) is 9.66. The summed E-state index contributed by atoms with van der Waals surface area (Å²) in [5, 5.41) is 2.73. The number of rotatable bonds is 9. The normalized spacial score (nSPS) is 17.8. The van der Waals surface area contributed by atoms with Crippen LogP contribution in [0.25, 0.3) is 0 Å². The first-order chi connectivity index (χ1) is 13.7. The monoisotopic (exact) mass is 426 g/mol. The van der Waals surface area contributed by atoms with Crippen LogP contribution in [0.15, 0.2) is 18.2 Å². The average molecular weight is 427 g/mol. The Morgan fingerprint density at radius 2 is 2.00 bits per heavy atom. The summed E-state index contributed by atoms with van der Waals surface area (Å²) in [4.78, 5) is 26.5. The lowest BCUT2D eigenvalue weighted by Crippen LogP contribution is -2.41. The molecule has 8 nitrogen and oxygen atoms in total. The number of hydrogen-bond acceptors (Lipinski definition) is 6. The van der Waals surface area contributed by atoms with Crippen molar-refractivity contribution < 1.29 is 27.5 Å². The number of amides is 2. The van der Waals surface area contributed by atoms with Gasteiger partial charge in [-0.15, -0.1) is 0 Å². The van der Waals surface area contributed by atoms with E-state index in [-0.39, 0.29) is 42.0 Å². The Morgan fingerprint density at radius 3 is 2.55 bits per heavy atom. The molecule has 1 aliphatic heterocycles. The molecule has 1 aromatic rings. The molecule has 1 N–H and O–H groups in total. The van der Waals surface area contributed by atoms with E-state index in [0.717, 1.165) is 6.42 Å². The standard InChI is InChI=1S/C20H30N2O6S/c1-5-9-22(16-8-10-29(25,26)13-16)20(24)15-6-7-17(18(11-15)27-4)28-12-19(23)21-14(2)3/h6-7,11,14,16H,5,8-10,12-13H2,1-4H3,(H,21,23). The van der Waals surface area contributed by atoms with Gasteiger partial charge in [-0.25, -0.2) is 8.42 Å². The molecule has 29 heavy (non-hydrogen) atoms. The molecule has 162 valence electrons. The van der Waals surface area contributed by atoms with Crippen molar-refractivity contribution in [2.75, 3.05) is 31.8 Å². The number of carbonyl (C=O) groups excluding carboxylic acids is 2. The SMILES string of the molecule is CCCN(C(=O)c1ccc(OCC(=O)NC(C)C)c(OC)c1)C1CCS(=O)(=O)C1. The molecule has 1 fully saturated rings. The van der Waals surface area contributed by atoms with Crippen LogP contribution in [0.3, 0.4) is 0 Å². The van der Waals surface area contributed by atoms with E-state index in [2.05, 4.69) is 5.32 Å². The second-order valence-electron chi connectivity index (χ2n) is 7.43. The van der Waals surface area contributed by atoms with E-state index in [9.17, 15) is 18.0 Å². The van der Waals surface area contributed by atoms with Crippen molar-refractivity contribution >= 4 is 21.7 Å². The highest BCUT2D eigenvalue weighted by Gasteiger charge is 2.34.